The van der Waals surface area contributed by atoms with E-state index in [9.17, 15) is 9.59 Å². The molecule has 2 aromatic carbocycles. The highest BCUT2D eigenvalue weighted by atomic mass is 35.5. The SMILES string of the molecule is COC(=O)c1cc(OC)c(OC)cc1NC(=O)CCCc1c(-c2ccccn2)[nH]c2ccc(Cl)cc12. The number of H-pyrrole nitrogens is 1. The van der Waals surface area contributed by atoms with Crippen LogP contribution in [0.25, 0.3) is 22.3 Å². The standard InChI is InChI=1S/C27H26ClN3O5/c1-34-23-14-19(27(33)36-3)22(15-24(23)35-2)30-25(32)9-6-7-17-18-13-16(28)10-11-20(18)31-26(17)21-8-4-5-12-29-21/h4-5,8,10-15,31H,6-7,9H2,1-3H3,(H,30,32). The van der Waals surface area contributed by atoms with Crippen molar-refractivity contribution in [3.05, 3.63) is 70.9 Å². The molecule has 2 aromatic heterocycles. The van der Waals surface area contributed by atoms with Crippen LogP contribution in [0.3, 0.4) is 0 Å². The Morgan fingerprint density at radius 3 is 2.50 bits per heavy atom. The Morgan fingerprint density at radius 1 is 1.03 bits per heavy atom. The van der Waals surface area contributed by atoms with Crippen LogP contribution in [0.4, 0.5) is 5.69 Å². The summed E-state index contributed by atoms with van der Waals surface area (Å²) >= 11 is 6.27. The molecule has 0 saturated carbocycles. The minimum absolute atomic E-state index is 0.173. The molecule has 36 heavy (non-hydrogen) atoms. The second kappa shape index (κ2) is 11.1. The maximum Gasteiger partial charge on any atom is 0.340 e. The van der Waals surface area contributed by atoms with Gasteiger partial charge in [-0.25, -0.2) is 4.79 Å². The van der Waals surface area contributed by atoms with Gasteiger partial charge < -0.3 is 24.5 Å². The van der Waals surface area contributed by atoms with Crippen LogP contribution in [-0.2, 0) is 16.0 Å². The Hall–Kier alpha value is -4.04. The number of carbonyl (C=O) groups excluding carboxylic acids is 2. The summed E-state index contributed by atoms with van der Waals surface area (Å²) in [6, 6.07) is 14.5. The predicted molar refractivity (Wildman–Crippen MR) is 139 cm³/mol. The monoisotopic (exact) mass is 507 g/mol. The molecule has 0 fully saturated rings. The first-order chi connectivity index (χ1) is 17.4. The molecular formula is C27H26ClN3O5. The van der Waals surface area contributed by atoms with E-state index in [-0.39, 0.29) is 23.6 Å². The molecule has 0 unspecified atom stereocenters. The molecule has 2 N–H and O–H groups in total. The van der Waals surface area contributed by atoms with E-state index in [1.165, 1.54) is 27.4 Å². The summed E-state index contributed by atoms with van der Waals surface area (Å²) in [6.07, 6.45) is 3.15. The fraction of sp³-hybridized carbons (Fsp3) is 0.222. The van der Waals surface area contributed by atoms with Crippen molar-refractivity contribution in [1.82, 2.24) is 9.97 Å². The van der Waals surface area contributed by atoms with Crippen molar-refractivity contribution in [2.45, 2.75) is 19.3 Å². The smallest absolute Gasteiger partial charge is 0.340 e. The van der Waals surface area contributed by atoms with E-state index in [4.69, 9.17) is 25.8 Å². The summed E-state index contributed by atoms with van der Waals surface area (Å²) in [6.45, 7) is 0. The van der Waals surface area contributed by atoms with Crippen molar-refractivity contribution in [1.29, 1.82) is 0 Å². The van der Waals surface area contributed by atoms with Gasteiger partial charge in [0.1, 0.15) is 0 Å². The van der Waals surface area contributed by atoms with Crippen LogP contribution in [0.5, 0.6) is 11.5 Å². The van der Waals surface area contributed by atoms with E-state index in [1.807, 2.05) is 36.4 Å². The second-order valence-electron chi connectivity index (χ2n) is 8.03. The topological polar surface area (TPSA) is 103 Å². The summed E-state index contributed by atoms with van der Waals surface area (Å²) < 4.78 is 15.4. The number of benzene rings is 2. The van der Waals surface area contributed by atoms with Gasteiger partial charge in [-0.2, -0.15) is 0 Å². The van der Waals surface area contributed by atoms with E-state index in [0.29, 0.717) is 29.4 Å². The van der Waals surface area contributed by atoms with E-state index < -0.39 is 5.97 Å². The number of aromatic amines is 1. The molecule has 0 atom stereocenters. The van der Waals surface area contributed by atoms with Gasteiger partial charge in [-0.3, -0.25) is 9.78 Å². The number of pyridine rings is 1. The van der Waals surface area contributed by atoms with Gasteiger partial charge in [-0.05, 0) is 48.7 Å². The third-order valence-electron chi connectivity index (χ3n) is 5.82. The number of methoxy groups -OCH3 is 3. The molecule has 0 aliphatic rings. The lowest BCUT2D eigenvalue weighted by molar-refractivity contribution is -0.116. The molecule has 2 heterocycles. The fourth-order valence-electron chi connectivity index (χ4n) is 4.11. The Balaban J connectivity index is 1.54. The van der Waals surface area contributed by atoms with Crippen molar-refractivity contribution >= 4 is 40.1 Å². The average Bonchev–Trinajstić information content (AvgIpc) is 3.26. The van der Waals surface area contributed by atoms with E-state index in [0.717, 1.165) is 27.9 Å². The number of hydrogen-bond donors (Lipinski definition) is 2. The van der Waals surface area contributed by atoms with E-state index in [2.05, 4.69) is 15.3 Å². The minimum atomic E-state index is -0.595. The van der Waals surface area contributed by atoms with Crippen LogP contribution in [0.2, 0.25) is 5.02 Å². The minimum Gasteiger partial charge on any atom is -0.493 e. The molecule has 0 bridgehead atoms. The van der Waals surface area contributed by atoms with Crippen molar-refractivity contribution < 1.29 is 23.8 Å². The second-order valence-corrected chi connectivity index (χ2v) is 8.47. The lowest BCUT2D eigenvalue weighted by Gasteiger charge is -2.14. The molecule has 4 aromatic rings. The van der Waals surface area contributed by atoms with Crippen molar-refractivity contribution in [2.75, 3.05) is 26.6 Å². The summed E-state index contributed by atoms with van der Waals surface area (Å²) in [5, 5.41) is 4.44. The number of anilines is 1. The van der Waals surface area contributed by atoms with Gasteiger partial charge in [0.2, 0.25) is 5.91 Å². The fourth-order valence-corrected chi connectivity index (χ4v) is 4.28. The largest absolute Gasteiger partial charge is 0.493 e. The zero-order valence-corrected chi connectivity index (χ0v) is 20.9. The zero-order chi connectivity index (χ0) is 25.7. The molecule has 4 rings (SSSR count). The molecule has 0 aliphatic carbocycles. The third-order valence-corrected chi connectivity index (χ3v) is 6.06. The van der Waals surface area contributed by atoms with Crippen LogP contribution in [-0.4, -0.2) is 43.2 Å². The molecule has 8 nitrogen and oxygen atoms in total. The number of esters is 1. The highest BCUT2D eigenvalue weighted by Gasteiger charge is 2.20. The predicted octanol–water partition coefficient (Wildman–Crippen LogP) is 5.65. The maximum absolute atomic E-state index is 12.9. The van der Waals surface area contributed by atoms with Crippen molar-refractivity contribution in [3.63, 3.8) is 0 Å². The molecule has 1 amide bonds. The highest BCUT2D eigenvalue weighted by molar-refractivity contribution is 6.31. The summed E-state index contributed by atoms with van der Waals surface area (Å²) in [5.74, 6) is -0.0985. The van der Waals surface area contributed by atoms with Crippen LogP contribution in [0, 0.1) is 0 Å². The van der Waals surface area contributed by atoms with Crippen LogP contribution in [0.1, 0.15) is 28.8 Å². The van der Waals surface area contributed by atoms with Crippen LogP contribution < -0.4 is 14.8 Å². The quantitative estimate of drug-likeness (QED) is 0.284. The number of fused-ring (bicyclic) bond motifs is 1. The third kappa shape index (κ3) is 5.28. The molecule has 0 radical (unpaired) electrons. The van der Waals surface area contributed by atoms with Crippen LogP contribution in [0.15, 0.2) is 54.7 Å². The number of rotatable bonds is 9. The van der Waals surface area contributed by atoms with Gasteiger partial charge in [-0.1, -0.05) is 17.7 Å². The number of carbonyl (C=O) groups is 2. The number of amides is 1. The molecule has 9 heteroatoms. The van der Waals surface area contributed by atoms with Gasteiger partial charge in [0.15, 0.2) is 11.5 Å². The first kappa shape index (κ1) is 25.1. The Morgan fingerprint density at radius 2 is 1.81 bits per heavy atom. The van der Waals surface area contributed by atoms with Gasteiger partial charge in [-0.15, -0.1) is 0 Å². The number of nitrogens with zero attached hydrogens (tertiary/aromatic N) is 1. The first-order valence-electron chi connectivity index (χ1n) is 11.3. The Kier molecular flexibility index (Phi) is 7.75. The zero-order valence-electron chi connectivity index (χ0n) is 20.2. The first-order valence-corrected chi connectivity index (χ1v) is 11.7. The number of aryl methyl sites for hydroxylation is 1. The summed E-state index contributed by atoms with van der Waals surface area (Å²) in [4.78, 5) is 33.1. The number of halogens is 1. The van der Waals surface area contributed by atoms with Crippen molar-refractivity contribution in [2.24, 2.45) is 0 Å². The Bertz CT molecular complexity index is 1400. The lowest BCUT2D eigenvalue weighted by atomic mass is 10.0. The average molecular weight is 508 g/mol. The molecule has 0 aliphatic heterocycles. The van der Waals surface area contributed by atoms with Crippen LogP contribution >= 0.6 is 11.6 Å². The number of ether oxygens (including phenoxy) is 3. The normalized spacial score (nSPS) is 10.8. The van der Waals surface area contributed by atoms with Gasteiger partial charge in [0.25, 0.3) is 0 Å². The molecule has 0 saturated heterocycles. The van der Waals surface area contributed by atoms with Gasteiger partial charge in [0.05, 0.1) is 44.0 Å². The van der Waals surface area contributed by atoms with Gasteiger partial charge >= 0.3 is 5.97 Å². The molecule has 186 valence electrons. The number of hydrogen-bond acceptors (Lipinski definition) is 6. The summed E-state index contributed by atoms with van der Waals surface area (Å²) in [7, 11) is 4.22. The van der Waals surface area contributed by atoms with Crippen molar-refractivity contribution in [3.8, 4) is 22.9 Å². The van der Waals surface area contributed by atoms with E-state index in [1.54, 1.807) is 12.3 Å². The maximum atomic E-state index is 12.9. The number of aromatic nitrogens is 2. The molecule has 0 spiro atoms. The van der Waals surface area contributed by atoms with E-state index >= 15 is 0 Å². The molecular weight excluding hydrogens is 482 g/mol. The Labute approximate surface area is 213 Å². The highest BCUT2D eigenvalue weighted by Crippen LogP contribution is 2.35. The number of nitrogens with one attached hydrogen (secondary N) is 2. The lowest BCUT2D eigenvalue weighted by Crippen LogP contribution is -2.15. The van der Waals surface area contributed by atoms with Gasteiger partial charge in [0, 0.05) is 40.7 Å². The summed E-state index contributed by atoms with van der Waals surface area (Å²) in [5.41, 5.74) is 4.18.